The Morgan fingerprint density at radius 2 is 1.92 bits per heavy atom. The molecule has 1 saturated heterocycles. The average Bonchev–Trinajstić information content (AvgIpc) is 2.91. The van der Waals surface area contributed by atoms with Crippen molar-refractivity contribution in [3.8, 4) is 0 Å². The van der Waals surface area contributed by atoms with Crippen molar-refractivity contribution >= 4 is 16.9 Å². The molecule has 1 aromatic heterocycles. The summed E-state index contributed by atoms with van der Waals surface area (Å²) < 4.78 is 2.14. The number of carbonyl (C=O) groups excluding carboxylic acids is 1. The van der Waals surface area contributed by atoms with Gasteiger partial charge in [-0.25, -0.2) is 4.98 Å². The quantitative estimate of drug-likeness (QED) is 0.917. The lowest BCUT2D eigenvalue weighted by Crippen LogP contribution is -2.47. The molecule has 0 bridgehead atoms. The molecule has 0 saturated carbocycles. The molecule has 2 heterocycles. The van der Waals surface area contributed by atoms with Crippen LogP contribution in [0.3, 0.4) is 0 Å². The van der Waals surface area contributed by atoms with Crippen LogP contribution in [0.25, 0.3) is 11.0 Å². The number of rotatable bonds is 5. The normalized spacial score (nSPS) is 15.2. The highest BCUT2D eigenvalue weighted by atomic mass is 16.2. The maximum absolute atomic E-state index is 12.7. The van der Waals surface area contributed by atoms with E-state index in [1.807, 2.05) is 4.90 Å². The van der Waals surface area contributed by atoms with Crippen LogP contribution in [0.2, 0.25) is 0 Å². The molecule has 3 rings (SSSR count). The molecule has 0 atom stereocenters. The number of carbonyl (C=O) groups is 1. The van der Waals surface area contributed by atoms with E-state index in [-0.39, 0.29) is 5.91 Å². The molecule has 130 valence electrons. The monoisotopic (exact) mass is 328 g/mol. The van der Waals surface area contributed by atoms with E-state index in [4.69, 9.17) is 4.98 Å². The topological polar surface area (TPSA) is 50.2 Å². The molecule has 5 heteroatoms. The molecule has 1 aliphatic rings. The van der Waals surface area contributed by atoms with Gasteiger partial charge in [0.2, 0.25) is 5.91 Å². The van der Waals surface area contributed by atoms with Gasteiger partial charge in [0.15, 0.2) is 0 Å². The molecule has 0 spiro atoms. The number of hydrogen-bond acceptors (Lipinski definition) is 3. The Bertz CT molecular complexity index is 729. The number of fused-ring (bicyclic) bond motifs is 1. The van der Waals surface area contributed by atoms with Crippen molar-refractivity contribution < 1.29 is 4.79 Å². The first-order valence-electron chi connectivity index (χ1n) is 9.05. The van der Waals surface area contributed by atoms with Crippen molar-refractivity contribution in [2.24, 2.45) is 0 Å². The number of aromatic nitrogens is 2. The number of aryl methyl sites for hydroxylation is 3. The summed E-state index contributed by atoms with van der Waals surface area (Å²) in [6, 6.07) is 4.32. The Hall–Kier alpha value is -1.88. The summed E-state index contributed by atoms with van der Waals surface area (Å²) in [5.41, 5.74) is 4.60. The van der Waals surface area contributed by atoms with Crippen molar-refractivity contribution in [1.29, 1.82) is 0 Å². The van der Waals surface area contributed by atoms with Crippen LogP contribution in [-0.4, -0.2) is 46.5 Å². The minimum Gasteiger partial charge on any atom is -0.339 e. The Kier molecular flexibility index (Phi) is 5.19. The molecule has 0 radical (unpaired) electrons. The van der Waals surface area contributed by atoms with E-state index in [1.165, 1.54) is 11.1 Å². The second-order valence-electron chi connectivity index (χ2n) is 6.77. The fraction of sp³-hybridized carbons (Fsp3) is 0.579. The Morgan fingerprint density at radius 3 is 2.62 bits per heavy atom. The number of nitrogens with one attached hydrogen (secondary N) is 1. The summed E-state index contributed by atoms with van der Waals surface area (Å²) in [4.78, 5) is 19.5. The number of hydrogen-bond donors (Lipinski definition) is 1. The van der Waals surface area contributed by atoms with E-state index < -0.39 is 0 Å². The molecule has 1 aromatic carbocycles. The van der Waals surface area contributed by atoms with E-state index in [0.29, 0.717) is 6.54 Å². The highest BCUT2D eigenvalue weighted by molar-refractivity contribution is 5.82. The SMILES string of the molecule is CCCCc1nc2cc(C)c(C)cc2n1CC(=O)N1CCNCC1. The molecule has 5 nitrogen and oxygen atoms in total. The first-order valence-corrected chi connectivity index (χ1v) is 9.05. The predicted octanol–water partition coefficient (Wildman–Crippen LogP) is 2.43. The van der Waals surface area contributed by atoms with E-state index in [2.05, 4.69) is 42.8 Å². The van der Waals surface area contributed by atoms with Gasteiger partial charge in [-0.3, -0.25) is 4.79 Å². The summed E-state index contributed by atoms with van der Waals surface area (Å²) in [5, 5.41) is 3.30. The third kappa shape index (κ3) is 3.46. The summed E-state index contributed by atoms with van der Waals surface area (Å²) in [7, 11) is 0. The first-order chi connectivity index (χ1) is 11.6. The maximum Gasteiger partial charge on any atom is 0.242 e. The molecule has 1 amide bonds. The zero-order chi connectivity index (χ0) is 17.1. The van der Waals surface area contributed by atoms with Crippen LogP contribution in [0.15, 0.2) is 12.1 Å². The van der Waals surface area contributed by atoms with Gasteiger partial charge in [0, 0.05) is 32.6 Å². The van der Waals surface area contributed by atoms with Gasteiger partial charge >= 0.3 is 0 Å². The molecule has 1 aliphatic heterocycles. The average molecular weight is 328 g/mol. The van der Waals surface area contributed by atoms with Gasteiger partial charge in [0.05, 0.1) is 11.0 Å². The van der Waals surface area contributed by atoms with Crippen molar-refractivity contribution in [3.05, 3.63) is 29.1 Å². The van der Waals surface area contributed by atoms with Crippen LogP contribution in [0, 0.1) is 13.8 Å². The fourth-order valence-corrected chi connectivity index (χ4v) is 3.28. The smallest absolute Gasteiger partial charge is 0.242 e. The Labute approximate surface area is 144 Å². The molecule has 1 N–H and O–H groups in total. The van der Waals surface area contributed by atoms with E-state index in [9.17, 15) is 4.79 Å². The van der Waals surface area contributed by atoms with Crippen molar-refractivity contribution in [1.82, 2.24) is 19.8 Å². The fourth-order valence-electron chi connectivity index (χ4n) is 3.28. The standard InChI is InChI=1S/C19H28N4O/c1-4-5-6-18-21-16-11-14(2)15(3)12-17(16)23(18)13-19(24)22-9-7-20-8-10-22/h11-12,20H,4-10,13H2,1-3H3. The van der Waals surface area contributed by atoms with Gasteiger partial charge in [-0.05, 0) is 43.5 Å². The first kappa shape index (κ1) is 17.0. The lowest BCUT2D eigenvalue weighted by molar-refractivity contribution is -0.132. The van der Waals surface area contributed by atoms with E-state index in [0.717, 1.165) is 62.3 Å². The van der Waals surface area contributed by atoms with Gasteiger partial charge < -0.3 is 14.8 Å². The molecule has 24 heavy (non-hydrogen) atoms. The molecular formula is C19H28N4O. The maximum atomic E-state index is 12.7. The summed E-state index contributed by atoms with van der Waals surface area (Å²) in [6.45, 7) is 10.2. The molecule has 0 unspecified atom stereocenters. The number of nitrogens with zero attached hydrogens (tertiary/aromatic N) is 3. The molecule has 1 fully saturated rings. The van der Waals surface area contributed by atoms with Crippen molar-refractivity contribution in [2.75, 3.05) is 26.2 Å². The highest BCUT2D eigenvalue weighted by Crippen LogP contribution is 2.22. The van der Waals surface area contributed by atoms with Crippen LogP contribution in [-0.2, 0) is 17.8 Å². The summed E-state index contributed by atoms with van der Waals surface area (Å²) >= 11 is 0. The lowest BCUT2D eigenvalue weighted by atomic mass is 10.1. The second kappa shape index (κ2) is 7.34. The van der Waals surface area contributed by atoms with Gasteiger partial charge in [-0.15, -0.1) is 0 Å². The third-order valence-electron chi connectivity index (χ3n) is 4.96. The van der Waals surface area contributed by atoms with Crippen LogP contribution in [0.4, 0.5) is 0 Å². The number of piperazine rings is 1. The predicted molar refractivity (Wildman–Crippen MR) is 97.3 cm³/mol. The van der Waals surface area contributed by atoms with Crippen LogP contribution in [0.5, 0.6) is 0 Å². The zero-order valence-corrected chi connectivity index (χ0v) is 15.1. The van der Waals surface area contributed by atoms with Crippen LogP contribution < -0.4 is 5.32 Å². The zero-order valence-electron chi connectivity index (χ0n) is 15.1. The summed E-state index contributed by atoms with van der Waals surface area (Å²) in [5.74, 6) is 1.24. The van der Waals surface area contributed by atoms with Crippen LogP contribution in [0.1, 0.15) is 36.7 Å². The van der Waals surface area contributed by atoms with Gasteiger partial charge in [0.25, 0.3) is 0 Å². The minimum absolute atomic E-state index is 0.201. The molecule has 0 aliphatic carbocycles. The third-order valence-corrected chi connectivity index (χ3v) is 4.96. The number of benzene rings is 1. The lowest BCUT2D eigenvalue weighted by Gasteiger charge is -2.28. The largest absolute Gasteiger partial charge is 0.339 e. The number of amides is 1. The van der Waals surface area contributed by atoms with Gasteiger partial charge in [-0.1, -0.05) is 13.3 Å². The Morgan fingerprint density at radius 1 is 1.21 bits per heavy atom. The van der Waals surface area contributed by atoms with E-state index >= 15 is 0 Å². The number of imidazole rings is 1. The van der Waals surface area contributed by atoms with E-state index in [1.54, 1.807) is 0 Å². The Balaban J connectivity index is 1.93. The summed E-state index contributed by atoms with van der Waals surface area (Å²) in [6.07, 6.45) is 3.16. The van der Waals surface area contributed by atoms with Crippen molar-refractivity contribution in [3.63, 3.8) is 0 Å². The second-order valence-corrected chi connectivity index (χ2v) is 6.77. The van der Waals surface area contributed by atoms with Crippen molar-refractivity contribution in [2.45, 2.75) is 46.6 Å². The molecular weight excluding hydrogens is 300 g/mol. The van der Waals surface area contributed by atoms with Crippen LogP contribution >= 0.6 is 0 Å². The van der Waals surface area contributed by atoms with Gasteiger partial charge in [0.1, 0.15) is 12.4 Å². The molecule has 2 aromatic rings. The minimum atomic E-state index is 0.201. The van der Waals surface area contributed by atoms with Gasteiger partial charge in [-0.2, -0.15) is 0 Å². The highest BCUT2D eigenvalue weighted by Gasteiger charge is 2.20. The number of unbranched alkanes of at least 4 members (excludes halogenated alkanes) is 1.